The van der Waals surface area contributed by atoms with E-state index in [0.717, 1.165) is 4.90 Å². The van der Waals surface area contributed by atoms with E-state index in [1.807, 2.05) is 0 Å². The highest BCUT2D eigenvalue weighted by molar-refractivity contribution is 6.25. The van der Waals surface area contributed by atoms with Crippen LogP contribution in [0.25, 0.3) is 0 Å². The molecule has 0 radical (unpaired) electrons. The standard InChI is InChI=1S/C23H29N3O8/c1-15-5-6-18(21(29)25-15)26-22(30)16-3-2-4-17(20(16)23(26)31)24-8-10-33-12-14-34-13-11-32-9-7-19(27)28/h2-4,18,24H,1,5-14H2,(H,25,29)(H,27,28). The van der Waals surface area contributed by atoms with Gasteiger partial charge in [0.2, 0.25) is 5.91 Å². The summed E-state index contributed by atoms with van der Waals surface area (Å²) in [4.78, 5) is 49.7. The number of anilines is 1. The van der Waals surface area contributed by atoms with Gasteiger partial charge >= 0.3 is 5.97 Å². The van der Waals surface area contributed by atoms with Gasteiger partial charge in [-0.15, -0.1) is 0 Å². The normalized spacial score (nSPS) is 17.6. The van der Waals surface area contributed by atoms with E-state index in [9.17, 15) is 19.2 Å². The number of imide groups is 1. The molecule has 0 saturated carbocycles. The van der Waals surface area contributed by atoms with Gasteiger partial charge in [0.15, 0.2) is 0 Å². The Kier molecular flexibility index (Phi) is 9.14. The lowest BCUT2D eigenvalue weighted by Gasteiger charge is -2.29. The minimum Gasteiger partial charge on any atom is -0.481 e. The maximum Gasteiger partial charge on any atom is 0.305 e. The number of fused-ring (bicyclic) bond motifs is 1. The van der Waals surface area contributed by atoms with Crippen molar-refractivity contribution in [3.05, 3.63) is 41.6 Å². The average molecular weight is 475 g/mol. The van der Waals surface area contributed by atoms with Crippen molar-refractivity contribution in [2.45, 2.75) is 25.3 Å². The SMILES string of the molecule is C=C1CCC(N2C(=O)c3cccc(NCCOCCOCCOCCC(=O)O)c3C2=O)C(=O)N1. The third-order valence-corrected chi connectivity index (χ3v) is 5.35. The van der Waals surface area contributed by atoms with Gasteiger partial charge in [0.05, 0.1) is 57.2 Å². The fourth-order valence-electron chi connectivity index (χ4n) is 3.70. The van der Waals surface area contributed by atoms with Crippen molar-refractivity contribution < 1.29 is 38.5 Å². The average Bonchev–Trinajstić information content (AvgIpc) is 3.05. The van der Waals surface area contributed by atoms with Crippen LogP contribution in [-0.2, 0) is 23.8 Å². The molecule has 1 unspecified atom stereocenters. The largest absolute Gasteiger partial charge is 0.481 e. The summed E-state index contributed by atoms with van der Waals surface area (Å²) < 4.78 is 15.9. The Labute approximate surface area is 197 Å². The highest BCUT2D eigenvalue weighted by Crippen LogP contribution is 2.32. The summed E-state index contributed by atoms with van der Waals surface area (Å²) in [7, 11) is 0. The molecule has 3 amide bonds. The maximum absolute atomic E-state index is 13.1. The molecule has 0 spiro atoms. The summed E-state index contributed by atoms with van der Waals surface area (Å²) in [5.74, 6) is -2.27. The van der Waals surface area contributed by atoms with Crippen LogP contribution in [0.3, 0.4) is 0 Å². The van der Waals surface area contributed by atoms with Gasteiger partial charge in [-0.05, 0) is 25.0 Å². The number of carbonyl (C=O) groups excluding carboxylic acids is 3. The lowest BCUT2D eigenvalue weighted by atomic mass is 10.0. The quantitative estimate of drug-likeness (QED) is 0.265. The van der Waals surface area contributed by atoms with Gasteiger partial charge in [-0.1, -0.05) is 12.6 Å². The smallest absolute Gasteiger partial charge is 0.305 e. The zero-order valence-electron chi connectivity index (χ0n) is 18.8. The molecule has 1 aromatic rings. The van der Waals surface area contributed by atoms with Crippen LogP contribution in [-0.4, -0.2) is 85.9 Å². The van der Waals surface area contributed by atoms with E-state index in [0.29, 0.717) is 63.8 Å². The van der Waals surface area contributed by atoms with Crippen molar-refractivity contribution in [2.24, 2.45) is 0 Å². The van der Waals surface area contributed by atoms with Crippen LogP contribution in [0.2, 0.25) is 0 Å². The second-order valence-electron chi connectivity index (χ2n) is 7.76. The first-order chi connectivity index (χ1) is 16.4. The van der Waals surface area contributed by atoms with Gasteiger partial charge in [0, 0.05) is 17.9 Å². The molecule has 3 N–H and O–H groups in total. The predicted molar refractivity (Wildman–Crippen MR) is 120 cm³/mol. The number of benzene rings is 1. The number of hydrogen-bond acceptors (Lipinski definition) is 8. The number of aliphatic carboxylic acids is 1. The molecular formula is C23H29N3O8. The first kappa shape index (κ1) is 25.3. The molecule has 1 fully saturated rings. The van der Waals surface area contributed by atoms with Crippen LogP contribution in [0.5, 0.6) is 0 Å². The van der Waals surface area contributed by atoms with E-state index in [2.05, 4.69) is 17.2 Å². The van der Waals surface area contributed by atoms with Crippen LogP contribution >= 0.6 is 0 Å². The van der Waals surface area contributed by atoms with Crippen LogP contribution in [0.4, 0.5) is 5.69 Å². The van der Waals surface area contributed by atoms with Crippen molar-refractivity contribution in [2.75, 3.05) is 51.5 Å². The predicted octanol–water partition coefficient (Wildman–Crippen LogP) is 1.01. The molecule has 2 heterocycles. The topological polar surface area (TPSA) is 144 Å². The number of amides is 3. The molecule has 11 nitrogen and oxygen atoms in total. The number of nitrogens with zero attached hydrogens (tertiary/aromatic N) is 1. The lowest BCUT2D eigenvalue weighted by Crippen LogP contribution is -2.51. The van der Waals surface area contributed by atoms with E-state index in [1.54, 1.807) is 18.2 Å². The first-order valence-electron chi connectivity index (χ1n) is 11.1. The number of carboxylic acid groups (broad SMARTS) is 1. The summed E-state index contributed by atoms with van der Waals surface area (Å²) in [6.07, 6.45) is 0.821. The molecular weight excluding hydrogens is 446 g/mol. The monoisotopic (exact) mass is 475 g/mol. The van der Waals surface area contributed by atoms with Crippen LogP contribution in [0, 0.1) is 0 Å². The molecule has 184 valence electrons. The van der Waals surface area contributed by atoms with E-state index in [-0.39, 0.29) is 24.2 Å². The Balaban J connectivity index is 1.40. The number of hydrogen-bond donors (Lipinski definition) is 3. The zero-order valence-corrected chi connectivity index (χ0v) is 18.8. The van der Waals surface area contributed by atoms with E-state index < -0.39 is 29.7 Å². The van der Waals surface area contributed by atoms with Gasteiger partial charge in [-0.2, -0.15) is 0 Å². The number of piperidine rings is 1. The summed E-state index contributed by atoms with van der Waals surface area (Å²) >= 11 is 0. The van der Waals surface area contributed by atoms with Gasteiger partial charge < -0.3 is 30.0 Å². The number of carbonyl (C=O) groups is 4. The third kappa shape index (κ3) is 6.40. The summed E-state index contributed by atoms with van der Waals surface area (Å²) in [5.41, 5.74) is 1.62. The zero-order chi connectivity index (χ0) is 24.5. The van der Waals surface area contributed by atoms with E-state index in [4.69, 9.17) is 19.3 Å². The third-order valence-electron chi connectivity index (χ3n) is 5.35. The number of carboxylic acids is 1. The molecule has 0 aliphatic carbocycles. The van der Waals surface area contributed by atoms with Gasteiger partial charge in [-0.25, -0.2) is 0 Å². The lowest BCUT2D eigenvalue weighted by molar-refractivity contribution is -0.138. The van der Waals surface area contributed by atoms with Gasteiger partial charge in [0.1, 0.15) is 6.04 Å². The Morgan fingerprint density at radius 3 is 2.41 bits per heavy atom. The number of allylic oxidation sites excluding steroid dienone is 1. The molecule has 2 aliphatic rings. The molecule has 3 rings (SSSR count). The van der Waals surface area contributed by atoms with Crippen molar-refractivity contribution in [1.29, 1.82) is 0 Å². The highest BCUT2D eigenvalue weighted by atomic mass is 16.5. The van der Waals surface area contributed by atoms with Crippen molar-refractivity contribution in [3.63, 3.8) is 0 Å². The van der Waals surface area contributed by atoms with Crippen molar-refractivity contribution in [3.8, 4) is 0 Å². The fraction of sp³-hybridized carbons (Fsp3) is 0.478. The molecule has 0 bridgehead atoms. The molecule has 11 heteroatoms. The second kappa shape index (κ2) is 12.3. The van der Waals surface area contributed by atoms with Crippen molar-refractivity contribution in [1.82, 2.24) is 10.2 Å². The molecule has 1 saturated heterocycles. The summed E-state index contributed by atoms with van der Waals surface area (Å²) in [6.45, 7) is 6.01. The Morgan fingerprint density at radius 2 is 1.74 bits per heavy atom. The van der Waals surface area contributed by atoms with Crippen molar-refractivity contribution >= 4 is 29.4 Å². The maximum atomic E-state index is 13.1. The van der Waals surface area contributed by atoms with Gasteiger partial charge in [0.25, 0.3) is 11.8 Å². The Morgan fingerprint density at radius 1 is 1.06 bits per heavy atom. The van der Waals surface area contributed by atoms with E-state index >= 15 is 0 Å². The first-order valence-corrected chi connectivity index (χ1v) is 11.1. The Bertz CT molecular complexity index is 948. The number of nitrogens with one attached hydrogen (secondary N) is 2. The summed E-state index contributed by atoms with van der Waals surface area (Å²) in [5, 5.41) is 14.2. The molecule has 1 atom stereocenters. The molecule has 2 aliphatic heterocycles. The fourth-order valence-corrected chi connectivity index (χ4v) is 3.70. The summed E-state index contributed by atoms with van der Waals surface area (Å²) in [6, 6.07) is 4.13. The highest BCUT2D eigenvalue weighted by Gasteiger charge is 2.44. The number of rotatable bonds is 14. The second-order valence-corrected chi connectivity index (χ2v) is 7.76. The molecule has 1 aromatic carbocycles. The van der Waals surface area contributed by atoms with E-state index in [1.165, 1.54) is 0 Å². The van der Waals surface area contributed by atoms with Crippen LogP contribution < -0.4 is 10.6 Å². The Hall–Kier alpha value is -3.28. The van der Waals surface area contributed by atoms with Crippen LogP contribution in [0.1, 0.15) is 40.0 Å². The minimum atomic E-state index is -0.903. The van der Waals surface area contributed by atoms with Gasteiger partial charge in [-0.3, -0.25) is 24.1 Å². The number of ether oxygens (including phenoxy) is 3. The van der Waals surface area contributed by atoms with Crippen LogP contribution in [0.15, 0.2) is 30.5 Å². The minimum absolute atomic E-state index is 0.0371. The molecule has 34 heavy (non-hydrogen) atoms. The molecule has 0 aromatic heterocycles.